The van der Waals surface area contributed by atoms with Crippen LogP contribution in [0.3, 0.4) is 0 Å². The summed E-state index contributed by atoms with van der Waals surface area (Å²) in [4.78, 5) is 33.9. The Labute approximate surface area is 147 Å². The predicted octanol–water partition coefficient (Wildman–Crippen LogP) is 2.91. The summed E-state index contributed by atoms with van der Waals surface area (Å²) in [5.74, 6) is -0.380. The monoisotopic (exact) mass is 350 g/mol. The Morgan fingerprint density at radius 3 is 2.62 bits per heavy atom. The van der Waals surface area contributed by atoms with Crippen LogP contribution in [0.5, 0.6) is 0 Å². The molecule has 0 unspecified atom stereocenters. The van der Waals surface area contributed by atoms with Gasteiger partial charge in [-0.2, -0.15) is 5.10 Å². The molecule has 0 saturated heterocycles. The van der Waals surface area contributed by atoms with Crippen molar-refractivity contribution in [2.75, 3.05) is 5.32 Å². The molecule has 3 rings (SSSR count). The van der Waals surface area contributed by atoms with Gasteiger partial charge in [-0.05, 0) is 37.3 Å². The van der Waals surface area contributed by atoms with Crippen molar-refractivity contribution in [1.82, 2.24) is 10.2 Å². The highest BCUT2D eigenvalue weighted by Crippen LogP contribution is 2.22. The molecule has 1 heterocycles. The number of nitro benzene ring substituents is 1. The van der Waals surface area contributed by atoms with Crippen LogP contribution in [-0.4, -0.2) is 21.0 Å². The van der Waals surface area contributed by atoms with Gasteiger partial charge in [-0.3, -0.25) is 19.7 Å². The first-order valence-corrected chi connectivity index (χ1v) is 7.66. The third-order valence-corrected chi connectivity index (χ3v) is 3.75. The summed E-state index contributed by atoms with van der Waals surface area (Å²) in [7, 11) is 0. The van der Waals surface area contributed by atoms with Crippen molar-refractivity contribution >= 4 is 17.3 Å². The Kier molecular flexibility index (Phi) is 4.57. The number of aromatic amines is 1. The number of aromatic nitrogens is 2. The van der Waals surface area contributed by atoms with Crippen LogP contribution in [0.1, 0.15) is 15.9 Å². The van der Waals surface area contributed by atoms with Gasteiger partial charge >= 0.3 is 0 Å². The normalized spacial score (nSPS) is 10.3. The molecule has 2 N–H and O–H groups in total. The van der Waals surface area contributed by atoms with Crippen molar-refractivity contribution < 1.29 is 9.72 Å². The Hall–Kier alpha value is -3.81. The molecule has 26 heavy (non-hydrogen) atoms. The fourth-order valence-corrected chi connectivity index (χ4v) is 2.47. The van der Waals surface area contributed by atoms with Gasteiger partial charge in [0.1, 0.15) is 0 Å². The zero-order valence-corrected chi connectivity index (χ0v) is 13.7. The quantitative estimate of drug-likeness (QED) is 0.554. The Bertz CT molecular complexity index is 1040. The lowest BCUT2D eigenvalue weighted by molar-refractivity contribution is -0.385. The lowest BCUT2D eigenvalue weighted by Gasteiger charge is -2.08. The Balaban J connectivity index is 1.83. The number of benzene rings is 2. The molecule has 0 aliphatic rings. The highest BCUT2D eigenvalue weighted by atomic mass is 16.6. The van der Waals surface area contributed by atoms with Gasteiger partial charge in [0.15, 0.2) is 0 Å². The van der Waals surface area contributed by atoms with Crippen LogP contribution < -0.4 is 10.9 Å². The lowest BCUT2D eigenvalue weighted by Crippen LogP contribution is -2.12. The number of hydrogen-bond acceptors (Lipinski definition) is 5. The molecule has 1 aromatic heterocycles. The molecule has 1 amide bonds. The van der Waals surface area contributed by atoms with E-state index in [1.165, 1.54) is 24.3 Å². The zero-order chi connectivity index (χ0) is 18.7. The number of H-pyrrole nitrogens is 1. The SMILES string of the molecule is Cc1cc(C(=O)Nc2cccc(-c3ccc(=O)[nH]n3)c2)ccc1[N+](=O)[O-]. The van der Waals surface area contributed by atoms with E-state index in [0.717, 1.165) is 5.56 Å². The molecule has 0 atom stereocenters. The van der Waals surface area contributed by atoms with E-state index in [2.05, 4.69) is 15.5 Å². The van der Waals surface area contributed by atoms with E-state index in [4.69, 9.17) is 0 Å². The summed E-state index contributed by atoms with van der Waals surface area (Å²) in [6.45, 7) is 1.58. The predicted molar refractivity (Wildman–Crippen MR) is 96.1 cm³/mol. The maximum absolute atomic E-state index is 12.4. The molecule has 0 spiro atoms. The second kappa shape index (κ2) is 6.98. The number of nitro groups is 1. The number of amides is 1. The molecule has 8 heteroatoms. The molecule has 0 aliphatic carbocycles. The van der Waals surface area contributed by atoms with Gasteiger partial charge in [-0.25, -0.2) is 5.10 Å². The third kappa shape index (κ3) is 3.64. The Morgan fingerprint density at radius 1 is 1.15 bits per heavy atom. The molecule has 0 bridgehead atoms. The van der Waals surface area contributed by atoms with E-state index >= 15 is 0 Å². The van der Waals surface area contributed by atoms with Crippen molar-refractivity contribution in [3.8, 4) is 11.3 Å². The fraction of sp³-hybridized carbons (Fsp3) is 0.0556. The topological polar surface area (TPSA) is 118 Å². The smallest absolute Gasteiger partial charge is 0.272 e. The lowest BCUT2D eigenvalue weighted by atomic mass is 10.1. The van der Waals surface area contributed by atoms with Crippen molar-refractivity contribution in [1.29, 1.82) is 0 Å². The molecular weight excluding hydrogens is 336 g/mol. The molecule has 0 aliphatic heterocycles. The highest BCUT2D eigenvalue weighted by Gasteiger charge is 2.14. The van der Waals surface area contributed by atoms with Crippen LogP contribution in [0.25, 0.3) is 11.3 Å². The van der Waals surface area contributed by atoms with Crippen LogP contribution in [0.15, 0.2) is 59.4 Å². The van der Waals surface area contributed by atoms with Crippen LogP contribution in [-0.2, 0) is 0 Å². The highest BCUT2D eigenvalue weighted by molar-refractivity contribution is 6.04. The van der Waals surface area contributed by atoms with E-state index in [1.807, 2.05) is 0 Å². The maximum atomic E-state index is 12.4. The second-order valence-corrected chi connectivity index (χ2v) is 5.60. The first-order valence-electron chi connectivity index (χ1n) is 7.66. The van der Waals surface area contributed by atoms with Gasteiger partial charge in [0.05, 0.1) is 10.6 Å². The number of anilines is 1. The molecule has 8 nitrogen and oxygen atoms in total. The van der Waals surface area contributed by atoms with E-state index in [1.54, 1.807) is 37.3 Å². The van der Waals surface area contributed by atoms with Crippen molar-refractivity contribution in [3.63, 3.8) is 0 Å². The van der Waals surface area contributed by atoms with Gasteiger partial charge in [0.2, 0.25) is 0 Å². The number of carbonyl (C=O) groups is 1. The number of nitrogens with one attached hydrogen (secondary N) is 2. The van der Waals surface area contributed by atoms with E-state index in [9.17, 15) is 19.7 Å². The number of aryl methyl sites for hydroxylation is 1. The van der Waals surface area contributed by atoms with Gasteiger partial charge in [0, 0.05) is 34.5 Å². The van der Waals surface area contributed by atoms with E-state index in [0.29, 0.717) is 22.5 Å². The molecule has 0 radical (unpaired) electrons. The molecule has 0 saturated carbocycles. The summed E-state index contributed by atoms with van der Waals surface area (Å²) < 4.78 is 0. The number of hydrogen-bond donors (Lipinski definition) is 2. The molecule has 2 aromatic carbocycles. The minimum absolute atomic E-state index is 0.0345. The Morgan fingerprint density at radius 2 is 1.96 bits per heavy atom. The standard InChI is InChI=1S/C18H14N4O4/c1-11-9-13(5-7-16(11)22(25)26)18(24)19-14-4-2-3-12(10-14)15-6-8-17(23)21-20-15/h2-10H,1H3,(H,19,24)(H,21,23). The van der Waals surface area contributed by atoms with Crippen molar-refractivity contribution in [3.05, 3.63) is 86.2 Å². The average molecular weight is 350 g/mol. The van der Waals surface area contributed by atoms with Crippen LogP contribution in [0.4, 0.5) is 11.4 Å². The zero-order valence-electron chi connectivity index (χ0n) is 13.7. The van der Waals surface area contributed by atoms with Gasteiger partial charge in [-0.1, -0.05) is 12.1 Å². The average Bonchev–Trinajstić information content (AvgIpc) is 2.62. The minimum Gasteiger partial charge on any atom is -0.322 e. The summed E-state index contributed by atoms with van der Waals surface area (Å²) >= 11 is 0. The van der Waals surface area contributed by atoms with E-state index < -0.39 is 4.92 Å². The van der Waals surface area contributed by atoms with Crippen LogP contribution in [0, 0.1) is 17.0 Å². The van der Waals surface area contributed by atoms with Gasteiger partial charge < -0.3 is 5.32 Å². The summed E-state index contributed by atoms with van der Waals surface area (Å²) in [6, 6.07) is 14.1. The summed E-state index contributed by atoms with van der Waals surface area (Å²) in [5.41, 5.74) is 2.22. The van der Waals surface area contributed by atoms with Gasteiger partial charge in [0.25, 0.3) is 17.2 Å². The largest absolute Gasteiger partial charge is 0.322 e. The first kappa shape index (κ1) is 17.0. The molecular formula is C18H14N4O4. The molecule has 3 aromatic rings. The third-order valence-electron chi connectivity index (χ3n) is 3.75. The number of rotatable bonds is 4. The van der Waals surface area contributed by atoms with Crippen molar-refractivity contribution in [2.24, 2.45) is 0 Å². The van der Waals surface area contributed by atoms with Crippen LogP contribution >= 0.6 is 0 Å². The van der Waals surface area contributed by atoms with Gasteiger partial charge in [-0.15, -0.1) is 0 Å². The fourth-order valence-electron chi connectivity index (χ4n) is 2.47. The minimum atomic E-state index is -0.488. The van der Waals surface area contributed by atoms with Crippen LogP contribution in [0.2, 0.25) is 0 Å². The molecule has 130 valence electrons. The van der Waals surface area contributed by atoms with Crippen molar-refractivity contribution in [2.45, 2.75) is 6.92 Å². The molecule has 0 fully saturated rings. The first-order chi connectivity index (χ1) is 12.4. The summed E-state index contributed by atoms with van der Waals surface area (Å²) in [5, 5.41) is 19.9. The number of nitrogens with zero attached hydrogens (tertiary/aromatic N) is 2. The second-order valence-electron chi connectivity index (χ2n) is 5.60. The van der Waals surface area contributed by atoms with E-state index in [-0.39, 0.29) is 17.2 Å². The number of carbonyl (C=O) groups excluding carboxylic acids is 1. The maximum Gasteiger partial charge on any atom is 0.272 e. The summed E-state index contributed by atoms with van der Waals surface area (Å²) in [6.07, 6.45) is 0.